The van der Waals surface area contributed by atoms with E-state index < -0.39 is 21.8 Å². The summed E-state index contributed by atoms with van der Waals surface area (Å²) >= 11 is 0. The van der Waals surface area contributed by atoms with Crippen LogP contribution in [0.25, 0.3) is 16.8 Å². The van der Waals surface area contributed by atoms with Gasteiger partial charge >= 0.3 is 10.1 Å². The van der Waals surface area contributed by atoms with Gasteiger partial charge in [-0.3, -0.25) is 4.79 Å². The van der Waals surface area contributed by atoms with Gasteiger partial charge in [-0.2, -0.15) is 13.7 Å². The number of rotatable bonds is 6. The van der Waals surface area contributed by atoms with Crippen LogP contribution in [0.15, 0.2) is 95.4 Å². The van der Waals surface area contributed by atoms with Crippen molar-refractivity contribution in [1.82, 2.24) is 0 Å². The molecule has 8 heteroatoms. The molecule has 0 aliphatic rings. The quantitative estimate of drug-likeness (QED) is 0.217. The molecule has 0 aromatic heterocycles. The van der Waals surface area contributed by atoms with Gasteiger partial charge in [0.15, 0.2) is 5.75 Å². The summed E-state index contributed by atoms with van der Waals surface area (Å²) in [5.74, 6) is -1.24. The van der Waals surface area contributed by atoms with Crippen LogP contribution in [0.5, 0.6) is 5.75 Å². The van der Waals surface area contributed by atoms with Crippen molar-refractivity contribution in [2.24, 2.45) is 0 Å². The van der Waals surface area contributed by atoms with E-state index >= 15 is 0 Å². The molecule has 0 radical (unpaired) electrons. The van der Waals surface area contributed by atoms with Gasteiger partial charge in [-0.25, -0.2) is 4.39 Å². The molecular formula is C27H19FN2O4S. The van der Waals surface area contributed by atoms with E-state index in [9.17, 15) is 22.9 Å². The molecule has 1 N–H and O–H groups in total. The monoisotopic (exact) mass is 486 g/mol. The number of aryl methyl sites for hydroxylation is 1. The van der Waals surface area contributed by atoms with Crippen LogP contribution in [0, 0.1) is 24.1 Å². The van der Waals surface area contributed by atoms with Crippen LogP contribution in [0.3, 0.4) is 0 Å². The number of carbonyl (C=O) groups excluding carboxylic acids is 1. The lowest BCUT2D eigenvalue weighted by Gasteiger charge is -2.13. The van der Waals surface area contributed by atoms with E-state index in [1.54, 1.807) is 30.3 Å². The largest absolute Gasteiger partial charge is 0.378 e. The molecule has 174 valence electrons. The van der Waals surface area contributed by atoms with Gasteiger partial charge in [0.2, 0.25) is 0 Å². The number of amides is 1. The Kier molecular flexibility index (Phi) is 6.62. The Morgan fingerprint density at radius 2 is 1.66 bits per heavy atom. The molecule has 0 aliphatic heterocycles. The van der Waals surface area contributed by atoms with Gasteiger partial charge in [0.25, 0.3) is 5.91 Å². The maximum absolute atomic E-state index is 13.2. The molecule has 0 bridgehead atoms. The second-order valence-electron chi connectivity index (χ2n) is 7.68. The maximum Gasteiger partial charge on any atom is 0.339 e. The number of benzene rings is 4. The second kappa shape index (κ2) is 9.79. The highest BCUT2D eigenvalue weighted by Crippen LogP contribution is 2.32. The molecule has 0 aliphatic carbocycles. The fraction of sp³-hybridized carbons (Fsp3) is 0.0370. The first-order valence-corrected chi connectivity index (χ1v) is 11.9. The lowest BCUT2D eigenvalue weighted by Crippen LogP contribution is -2.14. The molecule has 0 heterocycles. The van der Waals surface area contributed by atoms with Gasteiger partial charge in [-0.05, 0) is 66.2 Å². The first-order chi connectivity index (χ1) is 16.8. The van der Waals surface area contributed by atoms with E-state index in [0.29, 0.717) is 11.1 Å². The van der Waals surface area contributed by atoms with Gasteiger partial charge < -0.3 is 9.50 Å². The zero-order valence-electron chi connectivity index (χ0n) is 18.5. The van der Waals surface area contributed by atoms with Crippen molar-refractivity contribution in [2.45, 2.75) is 11.8 Å². The molecule has 0 saturated heterocycles. The molecule has 35 heavy (non-hydrogen) atoms. The third-order valence-corrected chi connectivity index (χ3v) is 6.44. The van der Waals surface area contributed by atoms with E-state index in [1.807, 2.05) is 25.1 Å². The Hall–Kier alpha value is -4.48. The number of hydrogen-bond acceptors (Lipinski definition) is 5. The van der Waals surface area contributed by atoms with Crippen LogP contribution in [-0.2, 0) is 14.9 Å². The topological polar surface area (TPSA) is 96.3 Å². The van der Waals surface area contributed by atoms with Crippen molar-refractivity contribution in [3.05, 3.63) is 107 Å². The van der Waals surface area contributed by atoms with E-state index in [0.717, 1.165) is 10.9 Å². The Morgan fingerprint density at radius 3 is 2.34 bits per heavy atom. The first kappa shape index (κ1) is 23.7. The third-order valence-electron chi connectivity index (χ3n) is 5.20. The molecule has 0 unspecified atom stereocenters. The van der Waals surface area contributed by atoms with E-state index in [4.69, 9.17) is 4.18 Å². The fourth-order valence-electron chi connectivity index (χ4n) is 3.39. The van der Waals surface area contributed by atoms with Crippen molar-refractivity contribution in [1.29, 1.82) is 5.26 Å². The molecule has 4 aromatic rings. The minimum Gasteiger partial charge on any atom is -0.378 e. The molecule has 4 rings (SSSR count). The lowest BCUT2D eigenvalue weighted by molar-refractivity contribution is -0.112. The van der Waals surface area contributed by atoms with Crippen molar-refractivity contribution >= 4 is 38.6 Å². The molecule has 0 atom stereocenters. The smallest absolute Gasteiger partial charge is 0.339 e. The third kappa shape index (κ3) is 5.37. The van der Waals surface area contributed by atoms with Crippen LogP contribution < -0.4 is 9.50 Å². The average Bonchev–Trinajstić information content (AvgIpc) is 2.84. The predicted molar refractivity (Wildman–Crippen MR) is 132 cm³/mol. The Balaban J connectivity index is 1.77. The van der Waals surface area contributed by atoms with Crippen molar-refractivity contribution < 1.29 is 21.8 Å². The number of halogens is 1. The number of nitrogens with one attached hydrogen (secondary N) is 1. The van der Waals surface area contributed by atoms with Gasteiger partial charge in [-0.1, -0.05) is 48.0 Å². The minimum absolute atomic E-state index is 0.0271. The zero-order chi connectivity index (χ0) is 25.0. The van der Waals surface area contributed by atoms with Crippen molar-refractivity contribution in [2.75, 3.05) is 5.32 Å². The van der Waals surface area contributed by atoms with Gasteiger partial charge in [-0.15, -0.1) is 0 Å². The summed E-state index contributed by atoms with van der Waals surface area (Å²) in [6.45, 7) is 1.84. The summed E-state index contributed by atoms with van der Waals surface area (Å²) in [5.41, 5.74) is 1.16. The summed E-state index contributed by atoms with van der Waals surface area (Å²) in [6, 6.07) is 23.4. The van der Waals surface area contributed by atoms with Crippen molar-refractivity contribution in [3.8, 4) is 11.8 Å². The number of nitrogens with zero attached hydrogens (tertiary/aromatic N) is 1. The Labute approximate surface area is 202 Å². The fourth-order valence-corrected chi connectivity index (χ4v) is 4.34. The molecule has 0 saturated carbocycles. The van der Waals surface area contributed by atoms with Gasteiger partial charge in [0, 0.05) is 11.3 Å². The average molecular weight is 487 g/mol. The number of anilines is 1. The summed E-state index contributed by atoms with van der Waals surface area (Å²) < 4.78 is 44.5. The molecule has 6 nitrogen and oxygen atoms in total. The molecule has 0 spiro atoms. The SMILES string of the molecule is Cc1ccc(S(=O)(=O)Oc2ccc3ccccc3c2/C=C(\C#N)C(=O)Nc2ccc(F)cc2)cc1. The van der Waals surface area contributed by atoms with E-state index in [2.05, 4.69) is 5.32 Å². The highest BCUT2D eigenvalue weighted by Gasteiger charge is 2.20. The van der Waals surface area contributed by atoms with Crippen LogP contribution in [0.4, 0.5) is 10.1 Å². The number of carbonyl (C=O) groups is 1. The zero-order valence-corrected chi connectivity index (χ0v) is 19.3. The normalized spacial score (nSPS) is 11.6. The summed E-state index contributed by atoms with van der Waals surface area (Å²) in [4.78, 5) is 12.7. The van der Waals surface area contributed by atoms with E-state index in [-0.39, 0.29) is 21.8 Å². The van der Waals surface area contributed by atoms with Crippen molar-refractivity contribution in [3.63, 3.8) is 0 Å². The lowest BCUT2D eigenvalue weighted by atomic mass is 10.0. The highest BCUT2D eigenvalue weighted by atomic mass is 32.2. The van der Waals surface area contributed by atoms with Gasteiger partial charge in [0.05, 0.1) is 0 Å². The predicted octanol–water partition coefficient (Wildman–Crippen LogP) is 5.60. The summed E-state index contributed by atoms with van der Waals surface area (Å²) in [6.07, 6.45) is 1.28. The minimum atomic E-state index is -4.18. The number of nitriles is 1. The molecule has 4 aromatic carbocycles. The van der Waals surface area contributed by atoms with Crippen LogP contribution >= 0.6 is 0 Å². The maximum atomic E-state index is 13.2. The van der Waals surface area contributed by atoms with Crippen LogP contribution in [-0.4, -0.2) is 14.3 Å². The van der Waals surface area contributed by atoms with E-state index in [1.165, 1.54) is 48.5 Å². The Bertz CT molecular complexity index is 1590. The first-order valence-electron chi connectivity index (χ1n) is 10.5. The highest BCUT2D eigenvalue weighted by molar-refractivity contribution is 7.87. The van der Waals surface area contributed by atoms with Crippen LogP contribution in [0.2, 0.25) is 0 Å². The second-order valence-corrected chi connectivity index (χ2v) is 9.23. The standard InChI is InChI=1S/C27H19FN2O4S/c1-18-6-13-23(14-7-18)35(32,33)34-26-15-8-19-4-2-3-5-24(19)25(26)16-20(17-29)27(31)30-22-11-9-21(28)10-12-22/h2-16H,1H3,(H,30,31)/b20-16+. The van der Waals surface area contributed by atoms with Crippen LogP contribution in [0.1, 0.15) is 11.1 Å². The Morgan fingerprint density at radius 1 is 0.971 bits per heavy atom. The molecule has 0 fully saturated rings. The van der Waals surface area contributed by atoms with Gasteiger partial charge in [0.1, 0.15) is 22.4 Å². The molecular weight excluding hydrogens is 467 g/mol. The summed E-state index contributed by atoms with van der Waals surface area (Å²) in [7, 11) is -4.18. The molecule has 1 amide bonds. The summed E-state index contributed by atoms with van der Waals surface area (Å²) in [5, 5.41) is 13.6. The number of fused-ring (bicyclic) bond motifs is 1. The number of hydrogen-bond donors (Lipinski definition) is 1.